The summed E-state index contributed by atoms with van der Waals surface area (Å²) in [5.74, 6) is 0.0964. The molecule has 11 heteroatoms. The fourth-order valence-corrected chi connectivity index (χ4v) is 4.98. The summed E-state index contributed by atoms with van der Waals surface area (Å²) in [6.45, 7) is 1.36. The van der Waals surface area contributed by atoms with Gasteiger partial charge in [0.1, 0.15) is 17.0 Å². The highest BCUT2D eigenvalue weighted by Gasteiger charge is 2.47. The predicted molar refractivity (Wildman–Crippen MR) is 131 cm³/mol. The maximum atomic E-state index is 13.9. The third-order valence-corrected chi connectivity index (χ3v) is 6.79. The van der Waals surface area contributed by atoms with Gasteiger partial charge in [-0.3, -0.25) is 14.9 Å². The van der Waals surface area contributed by atoms with Gasteiger partial charge in [-0.2, -0.15) is 0 Å². The Morgan fingerprint density at radius 3 is 2.73 bits per heavy atom. The van der Waals surface area contributed by atoms with E-state index in [0.717, 1.165) is 43.0 Å². The van der Waals surface area contributed by atoms with Crippen LogP contribution >= 0.6 is 36.2 Å². The summed E-state index contributed by atoms with van der Waals surface area (Å²) < 4.78 is 19.7. The number of anilines is 2. The van der Waals surface area contributed by atoms with Crippen LogP contribution in [0, 0.1) is 11.7 Å². The van der Waals surface area contributed by atoms with Gasteiger partial charge >= 0.3 is 6.09 Å². The number of hydrogen-bond donors (Lipinski definition) is 1. The average molecular weight is 512 g/mol. The standard InChI is InChI=1S/C22H22FN5O2S.2ClH/c23-17-4-2-10-25-19(17)18-13-31-20(27-18)26-11-15-5-7-22(8-6-15)14-28(21(29)30-22)16-3-1-9-24-12-16;;/h1-4,9-10,12-13,15H,5-8,11,14H2,(H,26,27);2*1H. The molecule has 4 heterocycles. The lowest BCUT2D eigenvalue weighted by Crippen LogP contribution is -2.39. The average Bonchev–Trinajstić information content (AvgIpc) is 3.39. The fraction of sp³-hybridized carbons (Fsp3) is 0.364. The monoisotopic (exact) mass is 511 g/mol. The van der Waals surface area contributed by atoms with Crippen LogP contribution in [0.4, 0.5) is 20.0 Å². The predicted octanol–water partition coefficient (Wildman–Crippen LogP) is 5.58. The highest BCUT2D eigenvalue weighted by Crippen LogP contribution is 2.40. The Labute approximate surface area is 207 Å². The zero-order valence-electron chi connectivity index (χ0n) is 17.6. The van der Waals surface area contributed by atoms with Crippen LogP contribution in [-0.4, -0.2) is 39.7 Å². The van der Waals surface area contributed by atoms with Gasteiger partial charge in [-0.25, -0.2) is 14.2 Å². The topological polar surface area (TPSA) is 80.2 Å². The number of thiazole rings is 1. The van der Waals surface area contributed by atoms with Crippen molar-refractivity contribution in [3.05, 3.63) is 54.1 Å². The second-order valence-corrected chi connectivity index (χ2v) is 8.90. The molecule has 1 amide bonds. The SMILES string of the molecule is Cl.Cl.O=C1OC2(CCC(CNc3nc(-c4ncccc4F)cs3)CC2)CN1c1cccnc1. The van der Waals surface area contributed by atoms with Crippen LogP contribution in [0.1, 0.15) is 25.7 Å². The number of hydrogen-bond acceptors (Lipinski definition) is 7. The molecular weight excluding hydrogens is 488 g/mol. The number of carbonyl (C=O) groups excluding carboxylic acids is 1. The molecule has 1 saturated heterocycles. The molecule has 1 N–H and O–H groups in total. The molecule has 1 saturated carbocycles. The molecule has 1 aliphatic carbocycles. The smallest absolute Gasteiger partial charge is 0.415 e. The first-order valence-corrected chi connectivity index (χ1v) is 11.2. The molecule has 33 heavy (non-hydrogen) atoms. The van der Waals surface area contributed by atoms with E-state index in [9.17, 15) is 9.18 Å². The van der Waals surface area contributed by atoms with E-state index in [4.69, 9.17) is 4.74 Å². The molecule has 0 atom stereocenters. The highest BCUT2D eigenvalue weighted by atomic mass is 35.5. The van der Waals surface area contributed by atoms with Gasteiger partial charge in [-0.15, -0.1) is 36.2 Å². The van der Waals surface area contributed by atoms with Crippen molar-refractivity contribution < 1.29 is 13.9 Å². The molecule has 0 radical (unpaired) electrons. The maximum absolute atomic E-state index is 13.9. The van der Waals surface area contributed by atoms with Gasteiger partial charge < -0.3 is 10.1 Å². The van der Waals surface area contributed by atoms with Crippen molar-refractivity contribution >= 4 is 53.1 Å². The molecule has 0 aromatic carbocycles. The summed E-state index contributed by atoms with van der Waals surface area (Å²) in [5.41, 5.74) is 1.18. The summed E-state index contributed by atoms with van der Waals surface area (Å²) in [6.07, 6.45) is 8.26. The molecule has 7 nitrogen and oxygen atoms in total. The van der Waals surface area contributed by atoms with Crippen LogP contribution in [-0.2, 0) is 4.74 Å². The Kier molecular flexibility index (Phi) is 8.10. The van der Waals surface area contributed by atoms with E-state index < -0.39 is 5.60 Å². The summed E-state index contributed by atoms with van der Waals surface area (Å²) >= 11 is 1.45. The summed E-state index contributed by atoms with van der Waals surface area (Å²) in [6, 6.07) is 6.65. The molecule has 5 rings (SSSR count). The van der Waals surface area contributed by atoms with Crippen LogP contribution < -0.4 is 10.2 Å². The molecule has 3 aromatic rings. The Bertz CT molecular complexity index is 1080. The largest absolute Gasteiger partial charge is 0.441 e. The Morgan fingerprint density at radius 2 is 2.00 bits per heavy atom. The van der Waals surface area contributed by atoms with Gasteiger partial charge in [-0.1, -0.05) is 0 Å². The van der Waals surface area contributed by atoms with E-state index in [0.29, 0.717) is 18.2 Å². The minimum Gasteiger partial charge on any atom is -0.441 e. The van der Waals surface area contributed by atoms with Gasteiger partial charge in [-0.05, 0) is 55.9 Å². The first-order valence-electron chi connectivity index (χ1n) is 10.3. The maximum Gasteiger partial charge on any atom is 0.415 e. The summed E-state index contributed by atoms with van der Waals surface area (Å²) in [5, 5.41) is 5.95. The Balaban J connectivity index is 0.00000153. The fourth-order valence-electron chi connectivity index (χ4n) is 4.27. The number of aromatic nitrogens is 3. The number of pyridine rings is 2. The van der Waals surface area contributed by atoms with E-state index >= 15 is 0 Å². The first-order chi connectivity index (χ1) is 15.1. The van der Waals surface area contributed by atoms with E-state index in [-0.39, 0.29) is 42.4 Å². The van der Waals surface area contributed by atoms with Crippen molar-refractivity contribution in [1.82, 2.24) is 15.0 Å². The van der Waals surface area contributed by atoms with Crippen LogP contribution in [0.5, 0.6) is 0 Å². The lowest BCUT2D eigenvalue weighted by molar-refractivity contribution is 0.0148. The van der Waals surface area contributed by atoms with E-state index in [2.05, 4.69) is 20.3 Å². The van der Waals surface area contributed by atoms with E-state index in [1.807, 2.05) is 17.5 Å². The lowest BCUT2D eigenvalue weighted by atomic mass is 9.78. The number of halogens is 3. The van der Waals surface area contributed by atoms with Gasteiger partial charge in [0.2, 0.25) is 0 Å². The third kappa shape index (κ3) is 5.37. The molecular formula is C22H24Cl2FN5O2S. The Hall–Kier alpha value is -2.49. The molecule has 0 bridgehead atoms. The Morgan fingerprint density at radius 1 is 1.21 bits per heavy atom. The minimum atomic E-state index is -0.408. The zero-order valence-corrected chi connectivity index (χ0v) is 20.1. The number of carbonyl (C=O) groups is 1. The molecule has 1 aliphatic heterocycles. The van der Waals surface area contributed by atoms with Crippen LogP contribution in [0.15, 0.2) is 48.2 Å². The number of rotatable bonds is 5. The van der Waals surface area contributed by atoms with Crippen molar-refractivity contribution in [3.8, 4) is 11.4 Å². The molecule has 0 unspecified atom stereocenters. The van der Waals surface area contributed by atoms with Crippen molar-refractivity contribution in [2.45, 2.75) is 31.3 Å². The van der Waals surface area contributed by atoms with E-state index in [1.54, 1.807) is 29.6 Å². The second-order valence-electron chi connectivity index (χ2n) is 8.04. The number of amides is 1. The zero-order chi connectivity index (χ0) is 21.3. The van der Waals surface area contributed by atoms with Gasteiger partial charge in [0, 0.05) is 24.3 Å². The number of nitrogens with one attached hydrogen (secondary N) is 1. The molecule has 1 spiro atoms. The highest BCUT2D eigenvalue weighted by molar-refractivity contribution is 7.14. The van der Waals surface area contributed by atoms with Crippen molar-refractivity contribution in [1.29, 1.82) is 0 Å². The third-order valence-electron chi connectivity index (χ3n) is 5.99. The minimum absolute atomic E-state index is 0. The second kappa shape index (κ2) is 10.6. The quantitative estimate of drug-likeness (QED) is 0.481. The first kappa shape index (κ1) is 25.1. The van der Waals surface area contributed by atoms with Crippen LogP contribution in [0.2, 0.25) is 0 Å². The van der Waals surface area contributed by atoms with E-state index in [1.165, 1.54) is 17.4 Å². The lowest BCUT2D eigenvalue weighted by Gasteiger charge is -2.35. The summed E-state index contributed by atoms with van der Waals surface area (Å²) in [7, 11) is 0. The normalized spacial score (nSPS) is 21.8. The summed E-state index contributed by atoms with van der Waals surface area (Å²) in [4.78, 5) is 26.7. The van der Waals surface area contributed by atoms with Gasteiger partial charge in [0.15, 0.2) is 10.9 Å². The van der Waals surface area contributed by atoms with Crippen molar-refractivity contribution in [3.63, 3.8) is 0 Å². The van der Waals surface area contributed by atoms with Gasteiger partial charge in [0.25, 0.3) is 0 Å². The molecule has 3 aromatic heterocycles. The van der Waals surface area contributed by atoms with Crippen molar-refractivity contribution in [2.24, 2.45) is 5.92 Å². The molecule has 2 fully saturated rings. The van der Waals surface area contributed by atoms with Crippen LogP contribution in [0.25, 0.3) is 11.4 Å². The number of ether oxygens (including phenoxy) is 1. The molecule has 176 valence electrons. The van der Waals surface area contributed by atoms with Crippen molar-refractivity contribution in [2.75, 3.05) is 23.3 Å². The van der Waals surface area contributed by atoms with Gasteiger partial charge in [0.05, 0.1) is 18.4 Å². The van der Waals surface area contributed by atoms with Crippen LogP contribution in [0.3, 0.4) is 0 Å². The number of nitrogens with zero attached hydrogens (tertiary/aromatic N) is 4. The molecule has 2 aliphatic rings.